The van der Waals surface area contributed by atoms with E-state index in [1.807, 2.05) is 6.92 Å². The average molecular weight is 297 g/mol. The molecule has 2 rings (SSSR count). The lowest BCUT2D eigenvalue weighted by Crippen LogP contribution is -2.55. The van der Waals surface area contributed by atoms with Crippen LogP contribution in [0.25, 0.3) is 0 Å². The fourth-order valence-corrected chi connectivity index (χ4v) is 2.28. The Bertz CT molecular complexity index is 557. The molecular weight excluding hydrogens is 280 g/mol. The van der Waals surface area contributed by atoms with E-state index in [1.54, 1.807) is 18.2 Å². The van der Waals surface area contributed by atoms with Crippen LogP contribution in [0.15, 0.2) is 18.2 Å². The monoisotopic (exact) mass is 296 g/mol. The van der Waals surface area contributed by atoms with Gasteiger partial charge in [-0.2, -0.15) is 0 Å². The molecular formula is C14H17ClN2O3. The summed E-state index contributed by atoms with van der Waals surface area (Å²) >= 11 is 5.88. The van der Waals surface area contributed by atoms with Gasteiger partial charge in [0, 0.05) is 10.7 Å². The van der Waals surface area contributed by atoms with Crippen LogP contribution in [-0.4, -0.2) is 22.6 Å². The SMILES string of the molecule is Cc1ccc(Cl)cc1NC(=O)NC(C)(C(=O)O)C1CC1. The molecule has 1 aromatic rings. The highest BCUT2D eigenvalue weighted by atomic mass is 35.5. The van der Waals surface area contributed by atoms with E-state index >= 15 is 0 Å². The number of anilines is 1. The van der Waals surface area contributed by atoms with Crippen LogP contribution < -0.4 is 10.6 Å². The summed E-state index contributed by atoms with van der Waals surface area (Å²) in [6.07, 6.45) is 1.64. The van der Waals surface area contributed by atoms with E-state index in [0.717, 1.165) is 18.4 Å². The van der Waals surface area contributed by atoms with E-state index in [-0.39, 0.29) is 5.92 Å². The Morgan fingerprint density at radius 2 is 2.05 bits per heavy atom. The minimum atomic E-state index is -1.23. The van der Waals surface area contributed by atoms with Crippen molar-refractivity contribution in [3.8, 4) is 0 Å². The first kappa shape index (κ1) is 14.7. The standard InChI is InChI=1S/C14H17ClN2O3/c1-8-3-6-10(15)7-11(8)16-13(20)17-14(2,12(18)19)9-4-5-9/h3,6-7,9H,4-5H2,1-2H3,(H,18,19)(H2,16,17,20). The first-order valence-corrected chi connectivity index (χ1v) is 6.79. The summed E-state index contributed by atoms with van der Waals surface area (Å²) < 4.78 is 0. The number of halogens is 1. The number of aryl methyl sites for hydroxylation is 1. The van der Waals surface area contributed by atoms with Crippen molar-refractivity contribution in [2.75, 3.05) is 5.32 Å². The van der Waals surface area contributed by atoms with Crippen molar-refractivity contribution in [2.24, 2.45) is 5.92 Å². The molecule has 1 aromatic carbocycles. The van der Waals surface area contributed by atoms with Gasteiger partial charge in [-0.05, 0) is 50.3 Å². The summed E-state index contributed by atoms with van der Waals surface area (Å²) in [6, 6.07) is 4.61. The molecule has 5 nitrogen and oxygen atoms in total. The van der Waals surface area contributed by atoms with Gasteiger partial charge in [-0.1, -0.05) is 17.7 Å². The van der Waals surface area contributed by atoms with Crippen molar-refractivity contribution in [2.45, 2.75) is 32.2 Å². The van der Waals surface area contributed by atoms with Gasteiger partial charge < -0.3 is 15.7 Å². The van der Waals surface area contributed by atoms with Crippen LogP contribution >= 0.6 is 11.6 Å². The second kappa shape index (κ2) is 5.32. The molecule has 1 fully saturated rings. The van der Waals surface area contributed by atoms with Crippen molar-refractivity contribution in [1.82, 2.24) is 5.32 Å². The van der Waals surface area contributed by atoms with Crippen LogP contribution in [0.2, 0.25) is 5.02 Å². The zero-order chi connectivity index (χ0) is 14.9. The van der Waals surface area contributed by atoms with Gasteiger partial charge in [0.05, 0.1) is 0 Å². The molecule has 20 heavy (non-hydrogen) atoms. The van der Waals surface area contributed by atoms with E-state index < -0.39 is 17.5 Å². The predicted molar refractivity (Wildman–Crippen MR) is 77.1 cm³/mol. The minimum Gasteiger partial charge on any atom is -0.480 e. The lowest BCUT2D eigenvalue weighted by molar-refractivity contribution is -0.144. The number of aliphatic carboxylic acids is 1. The Hall–Kier alpha value is -1.75. The molecule has 3 N–H and O–H groups in total. The maximum absolute atomic E-state index is 12.0. The van der Waals surface area contributed by atoms with Crippen LogP contribution in [0, 0.1) is 12.8 Å². The van der Waals surface area contributed by atoms with E-state index in [2.05, 4.69) is 10.6 Å². The fourth-order valence-electron chi connectivity index (χ4n) is 2.11. The fraction of sp³-hybridized carbons (Fsp3) is 0.429. The van der Waals surface area contributed by atoms with E-state index in [0.29, 0.717) is 10.7 Å². The molecule has 1 aliphatic carbocycles. The van der Waals surface area contributed by atoms with Gasteiger partial charge in [-0.3, -0.25) is 0 Å². The molecule has 1 saturated carbocycles. The minimum absolute atomic E-state index is 0.00814. The summed E-state index contributed by atoms with van der Waals surface area (Å²) in [5.41, 5.74) is 0.197. The third kappa shape index (κ3) is 3.04. The predicted octanol–water partition coefficient (Wildman–Crippen LogP) is 3.02. The second-order valence-corrected chi connectivity index (χ2v) is 5.76. The van der Waals surface area contributed by atoms with Gasteiger partial charge in [0.2, 0.25) is 0 Å². The lowest BCUT2D eigenvalue weighted by Gasteiger charge is -2.26. The number of rotatable bonds is 4. The van der Waals surface area contributed by atoms with Crippen LogP contribution in [0.4, 0.5) is 10.5 Å². The largest absolute Gasteiger partial charge is 0.480 e. The molecule has 1 atom stereocenters. The summed E-state index contributed by atoms with van der Waals surface area (Å²) in [6.45, 7) is 3.38. The van der Waals surface area contributed by atoms with E-state index in [9.17, 15) is 14.7 Å². The highest BCUT2D eigenvalue weighted by Gasteiger charge is 2.48. The third-order valence-electron chi connectivity index (χ3n) is 3.66. The molecule has 2 amide bonds. The molecule has 108 valence electrons. The molecule has 1 aliphatic rings. The maximum atomic E-state index is 12.0. The Labute approximate surface area is 122 Å². The van der Waals surface area contributed by atoms with Crippen molar-refractivity contribution in [3.05, 3.63) is 28.8 Å². The van der Waals surface area contributed by atoms with Gasteiger partial charge in [-0.15, -0.1) is 0 Å². The first-order chi connectivity index (χ1) is 9.33. The summed E-state index contributed by atoms with van der Waals surface area (Å²) in [5, 5.41) is 15.0. The molecule has 1 unspecified atom stereocenters. The highest BCUT2D eigenvalue weighted by Crippen LogP contribution is 2.39. The number of carboxylic acids is 1. The Morgan fingerprint density at radius 1 is 1.40 bits per heavy atom. The Kier molecular flexibility index (Phi) is 3.90. The summed E-state index contributed by atoms with van der Waals surface area (Å²) in [4.78, 5) is 23.3. The molecule has 0 aliphatic heterocycles. The van der Waals surface area contributed by atoms with Gasteiger partial charge in [-0.25, -0.2) is 9.59 Å². The van der Waals surface area contributed by atoms with Crippen molar-refractivity contribution >= 4 is 29.3 Å². The smallest absolute Gasteiger partial charge is 0.329 e. The Balaban J connectivity index is 2.08. The third-order valence-corrected chi connectivity index (χ3v) is 3.89. The number of urea groups is 1. The maximum Gasteiger partial charge on any atom is 0.329 e. The van der Waals surface area contributed by atoms with Gasteiger partial charge in [0.1, 0.15) is 5.54 Å². The summed E-state index contributed by atoms with van der Waals surface area (Å²) in [5.74, 6) is -1.02. The van der Waals surface area contributed by atoms with Crippen LogP contribution in [0.1, 0.15) is 25.3 Å². The first-order valence-electron chi connectivity index (χ1n) is 6.41. The lowest BCUT2D eigenvalue weighted by atomic mass is 9.96. The van der Waals surface area contributed by atoms with Crippen LogP contribution in [-0.2, 0) is 4.79 Å². The second-order valence-electron chi connectivity index (χ2n) is 5.32. The Morgan fingerprint density at radius 3 is 2.60 bits per heavy atom. The van der Waals surface area contributed by atoms with E-state index in [4.69, 9.17) is 11.6 Å². The number of carbonyl (C=O) groups is 2. The average Bonchev–Trinajstić information content (AvgIpc) is 3.17. The zero-order valence-electron chi connectivity index (χ0n) is 11.4. The number of hydrogen-bond acceptors (Lipinski definition) is 2. The normalized spacial score (nSPS) is 17.1. The topological polar surface area (TPSA) is 78.4 Å². The van der Waals surface area contributed by atoms with Crippen molar-refractivity contribution in [3.63, 3.8) is 0 Å². The number of carboxylic acid groups (broad SMARTS) is 1. The number of benzene rings is 1. The van der Waals surface area contributed by atoms with Gasteiger partial charge >= 0.3 is 12.0 Å². The number of amides is 2. The molecule has 0 aromatic heterocycles. The highest BCUT2D eigenvalue weighted by molar-refractivity contribution is 6.31. The quantitative estimate of drug-likeness (QED) is 0.799. The number of nitrogens with one attached hydrogen (secondary N) is 2. The van der Waals surface area contributed by atoms with Crippen molar-refractivity contribution in [1.29, 1.82) is 0 Å². The molecule has 6 heteroatoms. The van der Waals surface area contributed by atoms with Gasteiger partial charge in [0.25, 0.3) is 0 Å². The number of hydrogen-bond donors (Lipinski definition) is 3. The summed E-state index contributed by atoms with van der Waals surface area (Å²) in [7, 11) is 0. The molecule has 0 heterocycles. The van der Waals surface area contributed by atoms with Gasteiger partial charge in [0.15, 0.2) is 0 Å². The number of carbonyl (C=O) groups excluding carboxylic acids is 1. The van der Waals surface area contributed by atoms with Crippen LogP contribution in [0.3, 0.4) is 0 Å². The molecule has 0 bridgehead atoms. The molecule has 0 saturated heterocycles. The van der Waals surface area contributed by atoms with E-state index in [1.165, 1.54) is 6.92 Å². The molecule has 0 spiro atoms. The molecule has 0 radical (unpaired) electrons. The van der Waals surface area contributed by atoms with Crippen molar-refractivity contribution < 1.29 is 14.7 Å². The zero-order valence-corrected chi connectivity index (χ0v) is 12.1. The van der Waals surface area contributed by atoms with Crippen LogP contribution in [0.5, 0.6) is 0 Å².